The van der Waals surface area contributed by atoms with Gasteiger partial charge in [0.25, 0.3) is 10.0 Å². The van der Waals surface area contributed by atoms with Gasteiger partial charge in [-0.15, -0.1) is 11.3 Å². The van der Waals surface area contributed by atoms with E-state index in [0.29, 0.717) is 10.6 Å². The average molecular weight is 315 g/mol. The molecule has 0 aliphatic heterocycles. The highest BCUT2D eigenvalue weighted by atomic mass is 32.2. The molecule has 108 valence electrons. The van der Waals surface area contributed by atoms with E-state index in [-0.39, 0.29) is 10.8 Å². The molecule has 1 N–H and O–H groups in total. The fourth-order valence-corrected chi connectivity index (χ4v) is 4.51. The van der Waals surface area contributed by atoms with Crippen LogP contribution in [-0.2, 0) is 16.6 Å². The lowest BCUT2D eigenvalue weighted by molar-refractivity contribution is 0.285. The summed E-state index contributed by atoms with van der Waals surface area (Å²) in [5.41, 5.74) is 1.12. The van der Waals surface area contributed by atoms with Gasteiger partial charge in [-0.1, -0.05) is 0 Å². The first-order chi connectivity index (χ1) is 9.36. The van der Waals surface area contributed by atoms with Gasteiger partial charge in [-0.05, 0) is 42.8 Å². The fourth-order valence-electron chi connectivity index (χ4n) is 1.70. The topological polar surface area (TPSA) is 57.6 Å². The maximum atomic E-state index is 12.9. The highest BCUT2D eigenvalue weighted by molar-refractivity contribution is 7.94. The fraction of sp³-hybridized carbons (Fsp3) is 0.231. The van der Waals surface area contributed by atoms with Crippen LogP contribution < -0.4 is 4.31 Å². The van der Waals surface area contributed by atoms with Gasteiger partial charge >= 0.3 is 0 Å². The van der Waals surface area contributed by atoms with Gasteiger partial charge in [-0.2, -0.15) is 0 Å². The van der Waals surface area contributed by atoms with E-state index in [1.54, 1.807) is 6.92 Å². The monoisotopic (exact) mass is 315 g/mol. The second-order valence-corrected chi connectivity index (χ2v) is 7.61. The van der Waals surface area contributed by atoms with Gasteiger partial charge in [0.15, 0.2) is 0 Å². The standard InChI is InChI=1S/C13H14FNO3S2/c1-9-7-13(19-12(9)8-16)20(17,18)15(2)11-5-3-10(14)4-6-11/h3-7,16H,8H2,1-2H3. The van der Waals surface area contributed by atoms with E-state index >= 15 is 0 Å². The molecule has 0 fully saturated rings. The van der Waals surface area contributed by atoms with Crippen molar-refractivity contribution >= 4 is 27.0 Å². The number of sulfonamides is 1. The number of hydrogen-bond acceptors (Lipinski definition) is 4. The van der Waals surface area contributed by atoms with Gasteiger partial charge in [-0.3, -0.25) is 4.31 Å². The minimum atomic E-state index is -3.70. The van der Waals surface area contributed by atoms with Crippen molar-refractivity contribution in [1.82, 2.24) is 0 Å². The summed E-state index contributed by atoms with van der Waals surface area (Å²) in [4.78, 5) is 0.621. The van der Waals surface area contributed by atoms with Crippen molar-refractivity contribution in [2.45, 2.75) is 17.7 Å². The molecule has 4 nitrogen and oxygen atoms in total. The van der Waals surface area contributed by atoms with Crippen LogP contribution in [0, 0.1) is 12.7 Å². The minimum Gasteiger partial charge on any atom is -0.391 e. The van der Waals surface area contributed by atoms with Crippen molar-refractivity contribution in [2.24, 2.45) is 0 Å². The largest absolute Gasteiger partial charge is 0.391 e. The van der Waals surface area contributed by atoms with Crippen LogP contribution in [0.1, 0.15) is 10.4 Å². The summed E-state index contributed by atoms with van der Waals surface area (Å²) in [6, 6.07) is 6.76. The summed E-state index contributed by atoms with van der Waals surface area (Å²) in [7, 11) is -2.29. The first-order valence-corrected chi connectivity index (χ1v) is 8.06. The SMILES string of the molecule is Cc1cc(S(=O)(=O)N(C)c2ccc(F)cc2)sc1CO. The van der Waals surface area contributed by atoms with E-state index in [0.717, 1.165) is 21.2 Å². The molecular formula is C13H14FNO3S2. The zero-order valence-electron chi connectivity index (χ0n) is 11.0. The average Bonchev–Trinajstić information content (AvgIpc) is 2.80. The van der Waals surface area contributed by atoms with E-state index in [2.05, 4.69) is 0 Å². The summed E-state index contributed by atoms with van der Waals surface area (Å²) < 4.78 is 39.1. The molecule has 2 rings (SSSR count). The molecule has 1 aromatic heterocycles. The number of rotatable bonds is 4. The molecule has 0 radical (unpaired) electrons. The Morgan fingerprint density at radius 1 is 1.30 bits per heavy atom. The lowest BCUT2D eigenvalue weighted by Crippen LogP contribution is -2.25. The van der Waals surface area contributed by atoms with Crippen molar-refractivity contribution in [3.63, 3.8) is 0 Å². The van der Waals surface area contributed by atoms with E-state index in [1.807, 2.05) is 0 Å². The second kappa shape index (κ2) is 5.51. The molecule has 1 aromatic carbocycles. The number of anilines is 1. The molecule has 7 heteroatoms. The number of thiophene rings is 1. The molecule has 1 heterocycles. The lowest BCUT2D eigenvalue weighted by Gasteiger charge is -2.18. The maximum Gasteiger partial charge on any atom is 0.273 e. The Morgan fingerprint density at radius 2 is 1.90 bits per heavy atom. The summed E-state index contributed by atoms with van der Waals surface area (Å²) in [6.07, 6.45) is 0. The number of benzene rings is 1. The normalized spacial score (nSPS) is 11.6. The summed E-state index contributed by atoms with van der Waals surface area (Å²) >= 11 is 1.04. The van der Waals surface area contributed by atoms with Gasteiger partial charge < -0.3 is 5.11 Å². The van der Waals surface area contributed by atoms with Crippen molar-refractivity contribution < 1.29 is 17.9 Å². The summed E-state index contributed by atoms with van der Waals surface area (Å²) in [6.45, 7) is 1.56. The summed E-state index contributed by atoms with van der Waals surface area (Å²) in [5, 5.41) is 9.14. The third-order valence-corrected chi connectivity index (χ3v) is 6.40. The maximum absolute atomic E-state index is 12.9. The highest BCUT2D eigenvalue weighted by Gasteiger charge is 2.24. The minimum absolute atomic E-state index is 0.158. The lowest BCUT2D eigenvalue weighted by atomic mass is 10.3. The molecule has 0 amide bonds. The van der Waals surface area contributed by atoms with Gasteiger partial charge in [-0.25, -0.2) is 12.8 Å². The molecule has 20 heavy (non-hydrogen) atoms. The van der Waals surface area contributed by atoms with Crippen molar-refractivity contribution in [3.8, 4) is 0 Å². The Labute approximate surface area is 121 Å². The Bertz CT molecular complexity index is 708. The van der Waals surface area contributed by atoms with E-state index in [9.17, 15) is 12.8 Å². The predicted octanol–water partition coefficient (Wildman–Crippen LogP) is 2.51. The molecule has 0 spiro atoms. The molecule has 0 saturated carbocycles. The molecule has 0 aliphatic carbocycles. The molecule has 0 aliphatic rings. The van der Waals surface area contributed by atoms with Crippen LogP contribution in [0.25, 0.3) is 0 Å². The summed E-state index contributed by atoms with van der Waals surface area (Å²) in [5.74, 6) is -0.422. The van der Waals surface area contributed by atoms with E-state index in [1.165, 1.54) is 37.4 Å². The Balaban J connectivity index is 2.40. The number of hydrogen-bond donors (Lipinski definition) is 1. The molecule has 0 bridgehead atoms. The van der Waals surface area contributed by atoms with Gasteiger partial charge in [0.2, 0.25) is 0 Å². The van der Waals surface area contributed by atoms with Crippen LogP contribution in [0.2, 0.25) is 0 Å². The number of halogens is 1. The van der Waals surface area contributed by atoms with E-state index in [4.69, 9.17) is 5.11 Å². The van der Waals surface area contributed by atoms with Gasteiger partial charge in [0.05, 0.1) is 12.3 Å². The molecule has 2 aromatic rings. The Hall–Kier alpha value is -1.44. The first kappa shape index (κ1) is 15.0. The third-order valence-electron chi connectivity index (χ3n) is 2.95. The Morgan fingerprint density at radius 3 is 2.40 bits per heavy atom. The smallest absolute Gasteiger partial charge is 0.273 e. The van der Waals surface area contributed by atoms with Crippen LogP contribution in [0.4, 0.5) is 10.1 Å². The zero-order chi connectivity index (χ0) is 14.9. The number of aliphatic hydroxyl groups excluding tert-OH is 1. The van der Waals surface area contributed by atoms with Gasteiger partial charge in [0.1, 0.15) is 10.0 Å². The predicted molar refractivity (Wildman–Crippen MR) is 77.0 cm³/mol. The highest BCUT2D eigenvalue weighted by Crippen LogP contribution is 2.30. The zero-order valence-corrected chi connectivity index (χ0v) is 12.6. The molecular weight excluding hydrogens is 301 g/mol. The van der Waals surface area contributed by atoms with Crippen LogP contribution in [-0.4, -0.2) is 20.6 Å². The van der Waals surface area contributed by atoms with Crippen molar-refractivity contribution in [2.75, 3.05) is 11.4 Å². The van der Waals surface area contributed by atoms with Crippen molar-refractivity contribution in [1.29, 1.82) is 0 Å². The van der Waals surface area contributed by atoms with Crippen LogP contribution >= 0.6 is 11.3 Å². The number of aryl methyl sites for hydroxylation is 1. The second-order valence-electron chi connectivity index (χ2n) is 4.28. The van der Waals surface area contributed by atoms with Gasteiger partial charge in [0, 0.05) is 11.9 Å². The molecule has 0 saturated heterocycles. The van der Waals surface area contributed by atoms with Crippen LogP contribution in [0.15, 0.2) is 34.5 Å². The number of nitrogens with zero attached hydrogens (tertiary/aromatic N) is 1. The molecule has 0 unspecified atom stereocenters. The third kappa shape index (κ3) is 2.70. The first-order valence-electron chi connectivity index (χ1n) is 5.81. The van der Waals surface area contributed by atoms with Crippen LogP contribution in [0.3, 0.4) is 0 Å². The van der Waals surface area contributed by atoms with E-state index < -0.39 is 15.8 Å². The van der Waals surface area contributed by atoms with Crippen LogP contribution in [0.5, 0.6) is 0 Å². The number of aliphatic hydroxyl groups is 1. The quantitative estimate of drug-likeness (QED) is 0.943. The Kier molecular flexibility index (Phi) is 4.12. The molecule has 0 atom stereocenters. The van der Waals surface area contributed by atoms with Crippen molar-refractivity contribution in [3.05, 3.63) is 46.6 Å².